The molecule has 9 heteroatoms. The van der Waals surface area contributed by atoms with Gasteiger partial charge in [0.2, 0.25) is 21.8 Å². The van der Waals surface area contributed by atoms with Gasteiger partial charge in [-0.1, -0.05) is 58.9 Å². The van der Waals surface area contributed by atoms with Crippen LogP contribution in [-0.4, -0.2) is 50.5 Å². The van der Waals surface area contributed by atoms with Gasteiger partial charge in [-0.2, -0.15) is 0 Å². The van der Waals surface area contributed by atoms with Crippen LogP contribution in [0.3, 0.4) is 0 Å². The van der Waals surface area contributed by atoms with Crippen molar-refractivity contribution in [1.29, 1.82) is 0 Å². The lowest BCUT2D eigenvalue weighted by atomic mass is 9.87. The molecule has 0 aliphatic heterocycles. The maximum atomic E-state index is 13.5. The quantitative estimate of drug-likeness (QED) is 0.513. The zero-order chi connectivity index (χ0) is 27.3. The standard InChI is InChI=1S/C27H38FN3O4S/c1-19(2)16-29-26(33)20(3)30(17-21-8-12-23(28)13-9-21)25(32)18-31(36(7,34)35)24-14-10-22(11-15-24)27(4,5)6/h8-15,19-20H,16-18H2,1-7H3,(H,29,33)/t20-/m1/s1. The van der Waals surface area contributed by atoms with Gasteiger partial charge >= 0.3 is 0 Å². The van der Waals surface area contributed by atoms with Crippen LogP contribution in [0, 0.1) is 11.7 Å². The second-order valence-electron chi connectivity index (χ2n) is 10.5. The summed E-state index contributed by atoms with van der Waals surface area (Å²) in [6.45, 7) is 11.7. The van der Waals surface area contributed by atoms with Crippen molar-refractivity contribution in [2.45, 2.75) is 59.5 Å². The molecule has 2 aromatic rings. The second kappa shape index (κ2) is 11.9. The average Bonchev–Trinajstić information content (AvgIpc) is 2.78. The smallest absolute Gasteiger partial charge is 0.244 e. The molecule has 0 bridgehead atoms. The monoisotopic (exact) mass is 519 g/mol. The highest BCUT2D eigenvalue weighted by atomic mass is 32.2. The molecule has 0 aliphatic rings. The Kier molecular flexibility index (Phi) is 9.65. The number of nitrogens with one attached hydrogen (secondary N) is 1. The topological polar surface area (TPSA) is 86.8 Å². The largest absolute Gasteiger partial charge is 0.354 e. The Morgan fingerprint density at radius 3 is 2.00 bits per heavy atom. The Hall–Kier alpha value is -2.94. The Morgan fingerprint density at radius 2 is 1.53 bits per heavy atom. The van der Waals surface area contributed by atoms with Crippen LogP contribution in [0.4, 0.5) is 10.1 Å². The first kappa shape index (κ1) is 29.3. The molecule has 0 aliphatic carbocycles. The minimum atomic E-state index is -3.81. The summed E-state index contributed by atoms with van der Waals surface area (Å²) in [7, 11) is -3.81. The summed E-state index contributed by atoms with van der Waals surface area (Å²) in [5.74, 6) is -1.09. The van der Waals surface area contributed by atoms with E-state index in [0.717, 1.165) is 16.1 Å². The van der Waals surface area contributed by atoms with Gasteiger partial charge in [-0.15, -0.1) is 0 Å². The molecule has 0 unspecified atom stereocenters. The van der Waals surface area contributed by atoms with Gasteiger partial charge in [0.05, 0.1) is 11.9 Å². The number of hydrogen-bond acceptors (Lipinski definition) is 4. The predicted molar refractivity (Wildman–Crippen MR) is 142 cm³/mol. The molecule has 2 rings (SSSR count). The Balaban J connectivity index is 2.37. The molecule has 198 valence electrons. The van der Waals surface area contributed by atoms with Gasteiger partial charge in [0.25, 0.3) is 0 Å². The SMILES string of the molecule is CC(C)CNC(=O)[C@@H](C)N(Cc1ccc(F)cc1)C(=O)CN(c1ccc(C(C)(C)C)cc1)S(C)(=O)=O. The highest BCUT2D eigenvalue weighted by Crippen LogP contribution is 2.26. The van der Waals surface area contributed by atoms with E-state index in [9.17, 15) is 22.4 Å². The van der Waals surface area contributed by atoms with E-state index in [2.05, 4.69) is 26.1 Å². The summed E-state index contributed by atoms with van der Waals surface area (Å²) in [6, 6.07) is 11.8. The maximum Gasteiger partial charge on any atom is 0.244 e. The lowest BCUT2D eigenvalue weighted by molar-refractivity contribution is -0.139. The Morgan fingerprint density at radius 1 is 0.972 bits per heavy atom. The van der Waals surface area contributed by atoms with E-state index >= 15 is 0 Å². The molecule has 1 atom stereocenters. The van der Waals surface area contributed by atoms with Crippen LogP contribution in [0.15, 0.2) is 48.5 Å². The number of carbonyl (C=O) groups is 2. The lowest BCUT2D eigenvalue weighted by Crippen LogP contribution is -2.51. The first-order chi connectivity index (χ1) is 16.6. The third-order valence-electron chi connectivity index (χ3n) is 5.82. The molecule has 0 aromatic heterocycles. The van der Waals surface area contributed by atoms with Crippen molar-refractivity contribution < 1.29 is 22.4 Å². The van der Waals surface area contributed by atoms with Crippen molar-refractivity contribution in [1.82, 2.24) is 10.2 Å². The molecular weight excluding hydrogens is 481 g/mol. The molecule has 0 heterocycles. The van der Waals surface area contributed by atoms with E-state index in [1.165, 1.54) is 29.2 Å². The van der Waals surface area contributed by atoms with Crippen LogP contribution in [0.2, 0.25) is 0 Å². The van der Waals surface area contributed by atoms with Crippen LogP contribution in [-0.2, 0) is 31.6 Å². The lowest BCUT2D eigenvalue weighted by Gasteiger charge is -2.31. The normalized spacial score (nSPS) is 12.8. The third-order valence-corrected chi connectivity index (χ3v) is 6.96. The van der Waals surface area contributed by atoms with Gasteiger partial charge in [-0.25, -0.2) is 12.8 Å². The van der Waals surface area contributed by atoms with Crippen molar-refractivity contribution in [3.8, 4) is 0 Å². The van der Waals surface area contributed by atoms with E-state index in [0.29, 0.717) is 17.8 Å². The van der Waals surface area contributed by atoms with Crippen molar-refractivity contribution in [2.24, 2.45) is 5.92 Å². The fourth-order valence-corrected chi connectivity index (χ4v) is 4.41. The Labute approximate surface area is 214 Å². The van der Waals surface area contributed by atoms with Crippen molar-refractivity contribution in [3.63, 3.8) is 0 Å². The van der Waals surface area contributed by atoms with Crippen molar-refractivity contribution >= 4 is 27.5 Å². The summed E-state index contributed by atoms with van der Waals surface area (Å²) >= 11 is 0. The summed E-state index contributed by atoms with van der Waals surface area (Å²) in [4.78, 5) is 27.7. The van der Waals surface area contributed by atoms with Crippen LogP contribution < -0.4 is 9.62 Å². The minimum Gasteiger partial charge on any atom is -0.354 e. The summed E-state index contributed by atoms with van der Waals surface area (Å²) in [5.41, 5.74) is 1.89. The molecule has 36 heavy (non-hydrogen) atoms. The first-order valence-corrected chi connectivity index (χ1v) is 13.8. The van der Waals surface area contributed by atoms with E-state index in [-0.39, 0.29) is 23.8 Å². The molecule has 2 amide bonds. The number of benzene rings is 2. The van der Waals surface area contributed by atoms with E-state index in [1.807, 2.05) is 26.0 Å². The highest BCUT2D eigenvalue weighted by Gasteiger charge is 2.30. The molecule has 0 radical (unpaired) electrons. The molecule has 1 N–H and O–H groups in total. The molecule has 0 spiro atoms. The summed E-state index contributed by atoms with van der Waals surface area (Å²) < 4.78 is 39.8. The minimum absolute atomic E-state index is 0.0238. The molecule has 7 nitrogen and oxygen atoms in total. The molecule has 2 aromatic carbocycles. The number of hydrogen-bond donors (Lipinski definition) is 1. The van der Waals surface area contributed by atoms with Crippen LogP contribution in [0.5, 0.6) is 0 Å². The fourth-order valence-electron chi connectivity index (χ4n) is 3.56. The van der Waals surface area contributed by atoms with Gasteiger partial charge in [0.15, 0.2) is 0 Å². The van der Waals surface area contributed by atoms with Gasteiger partial charge < -0.3 is 10.2 Å². The summed E-state index contributed by atoms with van der Waals surface area (Å²) in [6.07, 6.45) is 1.04. The zero-order valence-corrected chi connectivity index (χ0v) is 23.0. The number of anilines is 1. The van der Waals surface area contributed by atoms with Crippen molar-refractivity contribution in [3.05, 3.63) is 65.5 Å². The second-order valence-corrected chi connectivity index (χ2v) is 12.4. The fraction of sp³-hybridized carbons (Fsp3) is 0.481. The van der Waals surface area contributed by atoms with Crippen LogP contribution in [0.25, 0.3) is 0 Å². The predicted octanol–water partition coefficient (Wildman–Crippen LogP) is 4.08. The number of amides is 2. The van der Waals surface area contributed by atoms with E-state index in [1.54, 1.807) is 19.1 Å². The molecular formula is C27H38FN3O4S. The van der Waals surface area contributed by atoms with E-state index < -0.39 is 34.3 Å². The Bertz CT molecular complexity index is 1140. The van der Waals surface area contributed by atoms with Crippen molar-refractivity contribution in [2.75, 3.05) is 23.7 Å². The number of sulfonamides is 1. The van der Waals surface area contributed by atoms with Crippen LogP contribution >= 0.6 is 0 Å². The third kappa shape index (κ3) is 8.33. The molecule has 0 saturated carbocycles. The number of halogens is 1. The summed E-state index contributed by atoms with van der Waals surface area (Å²) in [5, 5.41) is 2.82. The van der Waals surface area contributed by atoms with Gasteiger partial charge in [0, 0.05) is 13.1 Å². The first-order valence-electron chi connectivity index (χ1n) is 12.0. The number of rotatable bonds is 10. The average molecular weight is 520 g/mol. The maximum absolute atomic E-state index is 13.5. The van der Waals surface area contributed by atoms with E-state index in [4.69, 9.17) is 0 Å². The number of carbonyl (C=O) groups excluding carboxylic acids is 2. The molecule has 0 saturated heterocycles. The highest BCUT2D eigenvalue weighted by molar-refractivity contribution is 7.92. The van der Waals surface area contributed by atoms with Gasteiger partial charge in [-0.3, -0.25) is 13.9 Å². The number of nitrogens with zero attached hydrogens (tertiary/aromatic N) is 2. The van der Waals surface area contributed by atoms with Crippen LogP contribution in [0.1, 0.15) is 52.7 Å². The van der Waals surface area contributed by atoms with Gasteiger partial charge in [-0.05, 0) is 53.6 Å². The zero-order valence-electron chi connectivity index (χ0n) is 22.2. The molecule has 0 fully saturated rings. The van der Waals surface area contributed by atoms with Gasteiger partial charge in [0.1, 0.15) is 18.4 Å².